The van der Waals surface area contributed by atoms with Crippen LogP contribution in [0.1, 0.15) is 24.8 Å². The monoisotopic (exact) mass is 236 g/mol. The highest BCUT2D eigenvalue weighted by molar-refractivity contribution is 5.52. The van der Waals surface area contributed by atoms with Gasteiger partial charge in [-0.3, -0.25) is 10.1 Å². The number of nitro benzene ring substituents is 1. The second-order valence-electron chi connectivity index (χ2n) is 4.49. The smallest absolute Gasteiger partial charge is 0.313 e. The van der Waals surface area contributed by atoms with E-state index in [-0.39, 0.29) is 22.8 Å². The molecule has 1 aromatic carbocycles. The molecular weight excluding hydrogens is 220 g/mol. The Bertz CT molecular complexity index is 434. The highest BCUT2D eigenvalue weighted by atomic mass is 16.6. The van der Waals surface area contributed by atoms with E-state index in [4.69, 9.17) is 10.5 Å². The summed E-state index contributed by atoms with van der Waals surface area (Å²) in [6.45, 7) is 1.71. The van der Waals surface area contributed by atoms with Crippen molar-refractivity contribution in [2.45, 2.75) is 38.3 Å². The quantitative estimate of drug-likeness (QED) is 0.644. The van der Waals surface area contributed by atoms with E-state index in [0.717, 1.165) is 19.3 Å². The van der Waals surface area contributed by atoms with E-state index < -0.39 is 0 Å². The average molecular weight is 236 g/mol. The second-order valence-corrected chi connectivity index (χ2v) is 4.49. The molecule has 2 rings (SSSR count). The van der Waals surface area contributed by atoms with E-state index in [9.17, 15) is 10.1 Å². The molecule has 0 spiro atoms. The van der Waals surface area contributed by atoms with Gasteiger partial charge in [-0.05, 0) is 32.3 Å². The first kappa shape index (κ1) is 11.9. The third kappa shape index (κ3) is 2.55. The van der Waals surface area contributed by atoms with Crippen LogP contribution in [0.15, 0.2) is 18.2 Å². The third-order valence-electron chi connectivity index (χ3n) is 3.10. The van der Waals surface area contributed by atoms with Gasteiger partial charge < -0.3 is 10.5 Å². The molecule has 0 bridgehead atoms. The standard InChI is InChI=1S/C12H16N2O3/c1-8-3-2-4-11(12(8)14(15)16)17-10-6-5-9(13)7-10/h2-4,9-10H,5-7,13H2,1H3. The van der Waals surface area contributed by atoms with Crippen LogP contribution >= 0.6 is 0 Å². The molecular formula is C12H16N2O3. The molecule has 2 unspecified atom stereocenters. The number of aryl methyl sites for hydroxylation is 1. The summed E-state index contributed by atoms with van der Waals surface area (Å²) in [6, 6.07) is 5.29. The number of ether oxygens (including phenoxy) is 1. The topological polar surface area (TPSA) is 78.4 Å². The Balaban J connectivity index is 2.20. The normalized spacial score (nSPS) is 23.6. The van der Waals surface area contributed by atoms with Crippen molar-refractivity contribution in [1.29, 1.82) is 0 Å². The molecule has 5 nitrogen and oxygen atoms in total. The molecule has 0 radical (unpaired) electrons. The lowest BCUT2D eigenvalue weighted by atomic mass is 10.2. The van der Waals surface area contributed by atoms with Crippen molar-refractivity contribution in [1.82, 2.24) is 0 Å². The number of hydrogen-bond acceptors (Lipinski definition) is 4. The molecule has 2 N–H and O–H groups in total. The van der Waals surface area contributed by atoms with Gasteiger partial charge in [-0.1, -0.05) is 12.1 Å². The summed E-state index contributed by atoms with van der Waals surface area (Å²) in [5.41, 5.74) is 6.48. The lowest BCUT2D eigenvalue weighted by molar-refractivity contribution is -0.386. The summed E-state index contributed by atoms with van der Waals surface area (Å²) in [7, 11) is 0. The Morgan fingerprint density at radius 1 is 1.47 bits per heavy atom. The van der Waals surface area contributed by atoms with Gasteiger partial charge in [0.2, 0.25) is 0 Å². The Kier molecular flexibility index (Phi) is 3.28. The number of rotatable bonds is 3. The van der Waals surface area contributed by atoms with Gasteiger partial charge in [0.15, 0.2) is 5.75 Å². The van der Waals surface area contributed by atoms with Crippen molar-refractivity contribution in [2.24, 2.45) is 5.73 Å². The van der Waals surface area contributed by atoms with Crippen molar-refractivity contribution in [2.75, 3.05) is 0 Å². The maximum atomic E-state index is 11.0. The zero-order chi connectivity index (χ0) is 12.4. The van der Waals surface area contributed by atoms with Crippen LogP contribution in [0.4, 0.5) is 5.69 Å². The second kappa shape index (κ2) is 4.71. The number of nitro groups is 1. The first-order valence-electron chi connectivity index (χ1n) is 5.74. The Hall–Kier alpha value is -1.62. The predicted octanol–water partition coefficient (Wildman–Crippen LogP) is 2.16. The minimum atomic E-state index is -0.389. The van der Waals surface area contributed by atoms with Gasteiger partial charge in [0.05, 0.1) is 4.92 Å². The van der Waals surface area contributed by atoms with Crippen LogP contribution in [0.2, 0.25) is 0 Å². The highest BCUT2D eigenvalue weighted by Crippen LogP contribution is 2.33. The zero-order valence-corrected chi connectivity index (χ0v) is 9.76. The largest absolute Gasteiger partial charge is 0.483 e. The van der Waals surface area contributed by atoms with Crippen LogP contribution in [0.3, 0.4) is 0 Å². The lowest BCUT2D eigenvalue weighted by Gasteiger charge is -2.14. The van der Waals surface area contributed by atoms with Gasteiger partial charge in [-0.2, -0.15) is 0 Å². The molecule has 0 aliphatic heterocycles. The van der Waals surface area contributed by atoms with Crippen LogP contribution in [0.25, 0.3) is 0 Å². The Morgan fingerprint density at radius 2 is 2.24 bits per heavy atom. The van der Waals surface area contributed by atoms with E-state index in [1.54, 1.807) is 25.1 Å². The average Bonchev–Trinajstić information content (AvgIpc) is 2.63. The van der Waals surface area contributed by atoms with Crippen molar-refractivity contribution in [3.05, 3.63) is 33.9 Å². The molecule has 1 fully saturated rings. The molecule has 5 heteroatoms. The Labute approximate surface area is 99.7 Å². The first-order valence-corrected chi connectivity index (χ1v) is 5.74. The molecule has 1 aliphatic carbocycles. The molecule has 17 heavy (non-hydrogen) atoms. The SMILES string of the molecule is Cc1cccc(OC2CCC(N)C2)c1[N+](=O)[O-]. The predicted molar refractivity (Wildman–Crippen MR) is 64.1 cm³/mol. The number of para-hydroxylation sites is 1. The molecule has 0 aromatic heterocycles. The van der Waals surface area contributed by atoms with Gasteiger partial charge in [-0.25, -0.2) is 0 Å². The maximum Gasteiger partial charge on any atom is 0.313 e. The van der Waals surface area contributed by atoms with Gasteiger partial charge in [-0.15, -0.1) is 0 Å². The van der Waals surface area contributed by atoms with E-state index in [1.165, 1.54) is 0 Å². The fourth-order valence-electron chi connectivity index (χ4n) is 2.22. The molecule has 0 saturated heterocycles. The van der Waals surface area contributed by atoms with Crippen molar-refractivity contribution in [3.63, 3.8) is 0 Å². The minimum Gasteiger partial charge on any atom is -0.483 e. The number of nitrogens with two attached hydrogens (primary N) is 1. The number of benzene rings is 1. The van der Waals surface area contributed by atoms with E-state index >= 15 is 0 Å². The zero-order valence-electron chi connectivity index (χ0n) is 9.76. The first-order chi connectivity index (χ1) is 8.08. The van der Waals surface area contributed by atoms with Gasteiger partial charge >= 0.3 is 5.69 Å². The molecule has 1 saturated carbocycles. The number of hydrogen-bond donors (Lipinski definition) is 1. The van der Waals surface area contributed by atoms with E-state index in [1.807, 2.05) is 0 Å². The van der Waals surface area contributed by atoms with Crippen LogP contribution < -0.4 is 10.5 Å². The summed E-state index contributed by atoms with van der Waals surface area (Å²) in [5.74, 6) is 0.356. The maximum absolute atomic E-state index is 11.0. The van der Waals surface area contributed by atoms with E-state index in [0.29, 0.717) is 11.3 Å². The summed E-state index contributed by atoms with van der Waals surface area (Å²) >= 11 is 0. The summed E-state index contributed by atoms with van der Waals surface area (Å²) in [5, 5.41) is 11.0. The fourth-order valence-corrected chi connectivity index (χ4v) is 2.22. The van der Waals surface area contributed by atoms with Gasteiger partial charge in [0, 0.05) is 11.6 Å². The molecule has 1 aromatic rings. The Morgan fingerprint density at radius 3 is 2.82 bits per heavy atom. The molecule has 2 atom stereocenters. The summed E-state index contributed by atoms with van der Waals surface area (Å²) in [6.07, 6.45) is 2.56. The molecule has 0 amide bonds. The van der Waals surface area contributed by atoms with Crippen LogP contribution in [-0.4, -0.2) is 17.1 Å². The van der Waals surface area contributed by atoms with Crippen molar-refractivity contribution >= 4 is 5.69 Å². The molecule has 92 valence electrons. The van der Waals surface area contributed by atoms with Crippen molar-refractivity contribution in [3.8, 4) is 5.75 Å². The summed E-state index contributed by atoms with van der Waals surface area (Å²) < 4.78 is 5.70. The molecule has 1 aliphatic rings. The number of nitrogens with zero attached hydrogens (tertiary/aromatic N) is 1. The fraction of sp³-hybridized carbons (Fsp3) is 0.500. The lowest BCUT2D eigenvalue weighted by Crippen LogP contribution is -2.19. The van der Waals surface area contributed by atoms with Crippen LogP contribution in [-0.2, 0) is 0 Å². The van der Waals surface area contributed by atoms with Crippen LogP contribution in [0.5, 0.6) is 5.75 Å². The van der Waals surface area contributed by atoms with Gasteiger partial charge in [0.25, 0.3) is 0 Å². The van der Waals surface area contributed by atoms with Gasteiger partial charge in [0.1, 0.15) is 6.10 Å². The summed E-state index contributed by atoms with van der Waals surface area (Å²) in [4.78, 5) is 10.6. The van der Waals surface area contributed by atoms with E-state index in [2.05, 4.69) is 0 Å². The highest BCUT2D eigenvalue weighted by Gasteiger charge is 2.26. The molecule has 0 heterocycles. The van der Waals surface area contributed by atoms with Crippen molar-refractivity contribution < 1.29 is 9.66 Å². The van der Waals surface area contributed by atoms with Crippen LogP contribution in [0, 0.1) is 17.0 Å². The third-order valence-corrected chi connectivity index (χ3v) is 3.10. The minimum absolute atomic E-state index is 0.00509.